The van der Waals surface area contributed by atoms with E-state index in [2.05, 4.69) is 31.5 Å². The van der Waals surface area contributed by atoms with Gasteiger partial charge in [-0.3, -0.25) is 0 Å². The molecule has 2 N–H and O–H groups in total. The van der Waals surface area contributed by atoms with E-state index in [0.29, 0.717) is 11.0 Å². The number of urea groups is 1. The van der Waals surface area contributed by atoms with Crippen molar-refractivity contribution in [1.82, 2.24) is 14.9 Å². The molecule has 0 unspecified atom stereocenters. The lowest BCUT2D eigenvalue weighted by molar-refractivity contribution is 0.251. The summed E-state index contributed by atoms with van der Waals surface area (Å²) in [4.78, 5) is 15.5. The summed E-state index contributed by atoms with van der Waals surface area (Å²) < 4.78 is 16.1. The van der Waals surface area contributed by atoms with Gasteiger partial charge in [0.25, 0.3) is 0 Å². The third kappa shape index (κ3) is 4.34. The summed E-state index contributed by atoms with van der Waals surface area (Å²) in [5.41, 5.74) is 0.153. The van der Waals surface area contributed by atoms with E-state index >= 15 is 0 Å². The van der Waals surface area contributed by atoms with Crippen molar-refractivity contribution in [3.8, 4) is 0 Å². The van der Waals surface area contributed by atoms with E-state index in [1.165, 1.54) is 12.1 Å². The monoisotopic (exact) mass is 340 g/mol. The molecule has 0 saturated heterocycles. The van der Waals surface area contributed by atoms with E-state index in [0.717, 1.165) is 13.0 Å². The lowest BCUT2D eigenvalue weighted by Crippen LogP contribution is -2.30. The van der Waals surface area contributed by atoms with E-state index in [9.17, 15) is 9.18 Å². The minimum atomic E-state index is -0.479. The highest BCUT2D eigenvalue weighted by atomic mass is 79.9. The van der Waals surface area contributed by atoms with Crippen LogP contribution >= 0.6 is 15.9 Å². The first-order valence-corrected chi connectivity index (χ1v) is 6.90. The van der Waals surface area contributed by atoms with E-state index in [4.69, 9.17) is 0 Å². The third-order valence-corrected chi connectivity index (χ3v) is 3.11. The Morgan fingerprint density at radius 2 is 2.30 bits per heavy atom. The predicted octanol–water partition coefficient (Wildman–Crippen LogP) is 3.00. The van der Waals surface area contributed by atoms with Gasteiger partial charge in [-0.2, -0.15) is 0 Å². The first kappa shape index (κ1) is 14.5. The summed E-state index contributed by atoms with van der Waals surface area (Å²) in [6, 6.07) is 4.05. The second-order valence-corrected chi connectivity index (χ2v) is 5.07. The number of hydrogen-bond acceptors (Lipinski definition) is 2. The van der Waals surface area contributed by atoms with Crippen LogP contribution in [0.2, 0.25) is 0 Å². The topological polar surface area (TPSA) is 59.0 Å². The molecular formula is C13H14BrFN4O. The molecule has 0 fully saturated rings. The van der Waals surface area contributed by atoms with Gasteiger partial charge in [-0.05, 0) is 24.6 Å². The molecule has 7 heteroatoms. The van der Waals surface area contributed by atoms with Crippen LogP contribution in [-0.4, -0.2) is 22.1 Å². The minimum absolute atomic E-state index is 0.153. The SMILES string of the molecule is O=C(NCCCn1ccnc1)Nc1ccc(Br)cc1F. The number of hydrogen-bond donors (Lipinski definition) is 2. The van der Waals surface area contributed by atoms with Gasteiger partial charge in [-0.25, -0.2) is 14.2 Å². The van der Waals surface area contributed by atoms with Gasteiger partial charge < -0.3 is 15.2 Å². The first-order chi connectivity index (χ1) is 9.65. The van der Waals surface area contributed by atoms with Crippen molar-refractivity contribution in [3.05, 3.63) is 47.2 Å². The summed E-state index contributed by atoms with van der Waals surface area (Å²) in [6.07, 6.45) is 6.05. The lowest BCUT2D eigenvalue weighted by Gasteiger charge is -2.08. The van der Waals surface area contributed by atoms with Gasteiger partial charge in [-0.1, -0.05) is 15.9 Å². The maximum absolute atomic E-state index is 13.5. The van der Waals surface area contributed by atoms with Gasteiger partial charge in [-0.15, -0.1) is 0 Å². The highest BCUT2D eigenvalue weighted by Gasteiger charge is 2.06. The standard InChI is InChI=1S/C13H14BrFN4O/c14-10-2-3-12(11(15)8-10)18-13(20)17-4-1-6-19-7-5-16-9-19/h2-3,5,7-9H,1,4,6H2,(H2,17,18,20). The number of aryl methyl sites for hydroxylation is 1. The van der Waals surface area contributed by atoms with Gasteiger partial charge in [0.05, 0.1) is 12.0 Å². The number of rotatable bonds is 5. The molecule has 0 saturated carbocycles. The third-order valence-electron chi connectivity index (χ3n) is 2.62. The minimum Gasteiger partial charge on any atom is -0.338 e. The maximum atomic E-state index is 13.5. The molecule has 0 aliphatic heterocycles. The number of anilines is 1. The number of nitrogens with one attached hydrogen (secondary N) is 2. The van der Waals surface area contributed by atoms with Crippen molar-refractivity contribution in [2.45, 2.75) is 13.0 Å². The first-order valence-electron chi connectivity index (χ1n) is 6.11. The Balaban J connectivity index is 1.72. The second kappa shape index (κ2) is 7.04. The van der Waals surface area contributed by atoms with E-state index in [-0.39, 0.29) is 5.69 Å². The number of aromatic nitrogens is 2. The van der Waals surface area contributed by atoms with Crippen LogP contribution in [0.25, 0.3) is 0 Å². The number of halogens is 2. The fourth-order valence-corrected chi connectivity index (χ4v) is 1.97. The van der Waals surface area contributed by atoms with E-state index < -0.39 is 11.8 Å². The van der Waals surface area contributed by atoms with Crippen molar-refractivity contribution in [1.29, 1.82) is 0 Å². The smallest absolute Gasteiger partial charge is 0.319 e. The zero-order chi connectivity index (χ0) is 14.4. The molecular weight excluding hydrogens is 327 g/mol. The van der Waals surface area contributed by atoms with E-state index in [1.807, 2.05) is 10.8 Å². The molecule has 0 spiro atoms. The Kier molecular flexibility index (Phi) is 5.11. The lowest BCUT2D eigenvalue weighted by atomic mass is 10.3. The van der Waals surface area contributed by atoms with Crippen LogP contribution in [0.15, 0.2) is 41.4 Å². The molecule has 1 heterocycles. The summed E-state index contributed by atoms with van der Waals surface area (Å²) in [5, 5.41) is 5.14. The number of nitrogens with zero attached hydrogens (tertiary/aromatic N) is 2. The average Bonchev–Trinajstić information content (AvgIpc) is 2.91. The largest absolute Gasteiger partial charge is 0.338 e. The summed E-state index contributed by atoms with van der Waals surface area (Å²) in [7, 11) is 0. The summed E-state index contributed by atoms with van der Waals surface area (Å²) >= 11 is 3.16. The van der Waals surface area contributed by atoms with E-state index in [1.54, 1.807) is 18.6 Å². The van der Waals surface area contributed by atoms with Gasteiger partial charge in [0.1, 0.15) is 5.82 Å². The van der Waals surface area contributed by atoms with Crippen molar-refractivity contribution in [2.24, 2.45) is 0 Å². The number of carbonyl (C=O) groups is 1. The number of carbonyl (C=O) groups excluding carboxylic acids is 1. The average molecular weight is 341 g/mol. The second-order valence-electron chi connectivity index (χ2n) is 4.16. The summed E-state index contributed by atoms with van der Waals surface area (Å²) in [6.45, 7) is 1.27. The Hall–Kier alpha value is -1.89. The van der Waals surface area contributed by atoms with Crippen LogP contribution in [-0.2, 0) is 6.54 Å². The fourth-order valence-electron chi connectivity index (χ4n) is 1.64. The number of amides is 2. The Labute approximate surface area is 124 Å². The Morgan fingerprint density at radius 1 is 1.45 bits per heavy atom. The molecule has 0 radical (unpaired) electrons. The highest BCUT2D eigenvalue weighted by molar-refractivity contribution is 9.10. The van der Waals surface area contributed by atoms with Crippen LogP contribution in [0.4, 0.5) is 14.9 Å². The van der Waals surface area contributed by atoms with Crippen LogP contribution in [0.5, 0.6) is 0 Å². The van der Waals surface area contributed by atoms with Crippen molar-refractivity contribution < 1.29 is 9.18 Å². The van der Waals surface area contributed by atoms with Crippen LogP contribution < -0.4 is 10.6 Å². The van der Waals surface area contributed by atoms with Gasteiger partial charge in [0, 0.05) is 30.0 Å². The molecule has 5 nitrogen and oxygen atoms in total. The molecule has 1 aromatic heterocycles. The molecule has 1 aromatic carbocycles. The normalized spacial score (nSPS) is 10.3. The van der Waals surface area contributed by atoms with Gasteiger partial charge >= 0.3 is 6.03 Å². The number of imidazole rings is 1. The van der Waals surface area contributed by atoms with Crippen LogP contribution in [0, 0.1) is 5.82 Å². The molecule has 106 valence electrons. The molecule has 2 amide bonds. The van der Waals surface area contributed by atoms with Gasteiger partial charge in [0.15, 0.2) is 0 Å². The molecule has 2 aromatic rings. The highest BCUT2D eigenvalue weighted by Crippen LogP contribution is 2.19. The van der Waals surface area contributed by atoms with Crippen molar-refractivity contribution in [3.63, 3.8) is 0 Å². The molecule has 20 heavy (non-hydrogen) atoms. The quantitative estimate of drug-likeness (QED) is 0.822. The number of benzene rings is 1. The van der Waals surface area contributed by atoms with Gasteiger partial charge in [0.2, 0.25) is 0 Å². The Bertz CT molecular complexity index is 574. The van der Waals surface area contributed by atoms with Crippen LogP contribution in [0.1, 0.15) is 6.42 Å². The van der Waals surface area contributed by atoms with Crippen molar-refractivity contribution in [2.75, 3.05) is 11.9 Å². The zero-order valence-electron chi connectivity index (χ0n) is 10.6. The summed E-state index contributed by atoms with van der Waals surface area (Å²) in [5.74, 6) is -0.479. The molecule has 0 aliphatic rings. The molecule has 0 aliphatic carbocycles. The predicted molar refractivity (Wildman–Crippen MR) is 78.0 cm³/mol. The maximum Gasteiger partial charge on any atom is 0.319 e. The zero-order valence-corrected chi connectivity index (χ0v) is 12.2. The fraction of sp³-hybridized carbons (Fsp3) is 0.231. The molecule has 2 rings (SSSR count). The molecule has 0 bridgehead atoms. The van der Waals surface area contributed by atoms with Crippen LogP contribution in [0.3, 0.4) is 0 Å². The molecule has 0 atom stereocenters. The van der Waals surface area contributed by atoms with Crippen molar-refractivity contribution >= 4 is 27.6 Å². The Morgan fingerprint density at radius 3 is 3.00 bits per heavy atom.